The number of tetrazole rings is 1. The molecular weight excluding hydrogens is 729 g/mol. The number of esters is 1. The molecule has 4 N–H and O–H groups in total. The van der Waals surface area contributed by atoms with Gasteiger partial charge >= 0.3 is 11.9 Å². The van der Waals surface area contributed by atoms with E-state index >= 15 is 0 Å². The number of hydrogen-bond acceptors (Lipinski definition) is 16. The average Bonchev–Trinajstić information content (AvgIpc) is 3.71. The van der Waals surface area contributed by atoms with Gasteiger partial charge in [-0.1, -0.05) is 29.1 Å². The van der Waals surface area contributed by atoms with Crippen LogP contribution in [0.5, 0.6) is 0 Å². The first-order valence-electron chi connectivity index (χ1n) is 14.8. The largest absolute Gasteiger partial charge is 0.477 e. The van der Waals surface area contributed by atoms with Crippen molar-refractivity contribution < 1.29 is 43.4 Å². The number of benzene rings is 1. The van der Waals surface area contributed by atoms with Crippen LogP contribution in [0.15, 0.2) is 51.2 Å². The number of carboxylic acids is 1. The number of thiazole rings is 1. The number of thioether (sulfide) groups is 2. The molecule has 4 amide bonds. The van der Waals surface area contributed by atoms with Gasteiger partial charge in [0, 0.05) is 23.9 Å². The molecule has 22 heteroatoms. The van der Waals surface area contributed by atoms with Crippen molar-refractivity contribution in [1.29, 1.82) is 0 Å². The van der Waals surface area contributed by atoms with Crippen molar-refractivity contribution in [2.24, 2.45) is 12.2 Å². The summed E-state index contributed by atoms with van der Waals surface area (Å²) in [4.78, 5) is 86.0. The molecule has 0 saturated carbocycles. The molecule has 1 aromatic carbocycles. The number of nitrogens with one attached hydrogen (secondary N) is 3. The molecule has 0 aliphatic carbocycles. The van der Waals surface area contributed by atoms with E-state index in [0.717, 1.165) is 16.2 Å². The van der Waals surface area contributed by atoms with Gasteiger partial charge in [0.2, 0.25) is 11.6 Å². The van der Waals surface area contributed by atoms with E-state index in [0.29, 0.717) is 17.1 Å². The molecule has 5 rings (SSSR count). The minimum absolute atomic E-state index is 0.0406. The molecule has 2 aliphatic heterocycles. The molecule has 51 heavy (non-hydrogen) atoms. The van der Waals surface area contributed by atoms with Crippen molar-refractivity contribution in [2.75, 3.05) is 28.7 Å². The molecular formula is C29H30N10O9S3. The van der Waals surface area contributed by atoms with Crippen LogP contribution in [0.4, 0.5) is 10.8 Å². The molecule has 19 nitrogen and oxygen atoms in total. The lowest BCUT2D eigenvalue weighted by Gasteiger charge is -2.49. The highest BCUT2D eigenvalue weighted by Crippen LogP contribution is 2.41. The Bertz CT molecular complexity index is 1940. The predicted molar refractivity (Wildman–Crippen MR) is 184 cm³/mol. The molecule has 2 aromatic heterocycles. The Morgan fingerprint density at radius 3 is 2.67 bits per heavy atom. The Balaban J connectivity index is 1.28. The van der Waals surface area contributed by atoms with Crippen molar-refractivity contribution in [3.05, 3.63) is 52.2 Å². The molecule has 4 heterocycles. The second-order valence-electron chi connectivity index (χ2n) is 11.6. The normalized spacial score (nSPS) is 17.2. The number of hydrogen-bond donors (Lipinski definition) is 4. The number of anilines is 2. The van der Waals surface area contributed by atoms with E-state index in [9.17, 15) is 33.9 Å². The fraction of sp³-hybridized carbons (Fsp3) is 0.345. The highest BCUT2D eigenvalue weighted by atomic mass is 32.2. The van der Waals surface area contributed by atoms with Gasteiger partial charge < -0.3 is 30.6 Å². The first-order valence-corrected chi connectivity index (χ1v) is 17.7. The maximum Gasteiger partial charge on any atom is 0.352 e. The zero-order chi connectivity index (χ0) is 36.9. The Hall–Kier alpha value is -5.35. The monoisotopic (exact) mass is 758 g/mol. The van der Waals surface area contributed by atoms with Crippen molar-refractivity contribution in [2.45, 2.75) is 42.9 Å². The van der Waals surface area contributed by atoms with Crippen LogP contribution in [0.1, 0.15) is 36.8 Å². The van der Waals surface area contributed by atoms with E-state index in [1.807, 2.05) is 0 Å². The van der Waals surface area contributed by atoms with Crippen LogP contribution in [0, 0.1) is 0 Å². The average molecular weight is 759 g/mol. The van der Waals surface area contributed by atoms with Crippen LogP contribution in [-0.4, -0.2) is 112 Å². The molecule has 1 unspecified atom stereocenters. The van der Waals surface area contributed by atoms with Gasteiger partial charge in [0.05, 0.1) is 11.3 Å². The van der Waals surface area contributed by atoms with Gasteiger partial charge in [-0.05, 0) is 48.9 Å². The van der Waals surface area contributed by atoms with Crippen molar-refractivity contribution >= 4 is 87.5 Å². The zero-order valence-corrected chi connectivity index (χ0v) is 29.8. The third-order valence-electron chi connectivity index (χ3n) is 6.81. The lowest BCUT2D eigenvalue weighted by atomic mass is 10.0. The van der Waals surface area contributed by atoms with Gasteiger partial charge in [-0.3, -0.25) is 24.1 Å². The zero-order valence-electron chi connectivity index (χ0n) is 27.3. The van der Waals surface area contributed by atoms with Crippen molar-refractivity contribution in [1.82, 2.24) is 35.4 Å². The fourth-order valence-electron chi connectivity index (χ4n) is 4.65. The van der Waals surface area contributed by atoms with Gasteiger partial charge in [-0.15, -0.1) is 28.2 Å². The van der Waals surface area contributed by atoms with Gasteiger partial charge in [-0.2, -0.15) is 0 Å². The summed E-state index contributed by atoms with van der Waals surface area (Å²) >= 11 is 3.45. The smallest absolute Gasteiger partial charge is 0.352 e. The third kappa shape index (κ3) is 8.69. The number of rotatable bonds is 14. The second-order valence-corrected chi connectivity index (χ2v) is 14.5. The standard InChI is InChI=1S/C29H30N10O9S3/c1-29(2,3)48-26(46)15-7-5-6-8-16(15)31-18(41)9-47-35-19(17-12-50-27(32-17)30-13-40)22(42)33-20-23(43)39-21(25(44)45)14(10-49-24(20)39)11-51-28-34-36-37-38(28)4/h5-8,12-13,20,24H,9-11H2,1-4H3,(H,31,41)(H,33,42)(H,44,45)(H,30,32,40)/t20?,24-/m1/s1. The third-order valence-corrected chi connectivity index (χ3v) is 10.0. The van der Waals surface area contributed by atoms with Crippen LogP contribution in [-0.2, 0) is 40.6 Å². The Labute approximate surface area is 301 Å². The molecule has 2 aliphatic rings. The summed E-state index contributed by atoms with van der Waals surface area (Å²) in [5.74, 6) is -3.78. The summed E-state index contributed by atoms with van der Waals surface area (Å²) in [5.41, 5.74) is -0.676. The van der Waals surface area contributed by atoms with E-state index in [1.165, 1.54) is 45.7 Å². The predicted octanol–water partition coefficient (Wildman–Crippen LogP) is 1.08. The molecule has 1 fully saturated rings. The number of nitrogens with zero attached hydrogens (tertiary/aromatic N) is 7. The number of carbonyl (C=O) groups is 6. The number of aryl methyl sites for hydroxylation is 1. The number of oxime groups is 1. The molecule has 1 saturated heterocycles. The molecule has 268 valence electrons. The summed E-state index contributed by atoms with van der Waals surface area (Å²) in [5, 5.41) is 33.7. The maximum atomic E-state index is 13.5. The maximum absolute atomic E-state index is 13.5. The quantitative estimate of drug-likeness (QED) is 0.0449. The minimum Gasteiger partial charge on any atom is -0.477 e. The summed E-state index contributed by atoms with van der Waals surface area (Å²) in [6.07, 6.45) is 0.391. The van der Waals surface area contributed by atoms with Gasteiger partial charge in [0.15, 0.2) is 17.5 Å². The van der Waals surface area contributed by atoms with Crippen LogP contribution < -0.4 is 16.0 Å². The first-order chi connectivity index (χ1) is 24.3. The summed E-state index contributed by atoms with van der Waals surface area (Å²) in [6.45, 7) is 4.42. The van der Waals surface area contributed by atoms with Gasteiger partial charge in [0.25, 0.3) is 17.7 Å². The van der Waals surface area contributed by atoms with Crippen molar-refractivity contribution in [3.63, 3.8) is 0 Å². The number of fused-ring (bicyclic) bond motifs is 1. The number of aromatic nitrogens is 5. The number of ether oxygens (including phenoxy) is 1. The highest BCUT2D eigenvalue weighted by molar-refractivity contribution is 8.01. The topological polar surface area (TPSA) is 249 Å². The Morgan fingerprint density at radius 1 is 1.22 bits per heavy atom. The van der Waals surface area contributed by atoms with Crippen LogP contribution in [0.2, 0.25) is 0 Å². The number of para-hydroxylation sites is 1. The number of β-lactam (4-membered cyclic amide) rings is 1. The molecule has 3 aromatic rings. The molecule has 0 bridgehead atoms. The lowest BCUT2D eigenvalue weighted by Crippen LogP contribution is -2.71. The summed E-state index contributed by atoms with van der Waals surface area (Å²) in [6, 6.07) is 5.08. The number of amides is 4. The highest BCUT2D eigenvalue weighted by Gasteiger charge is 2.54. The van der Waals surface area contributed by atoms with E-state index < -0.39 is 59.0 Å². The molecule has 0 radical (unpaired) electrons. The molecule has 2 atom stereocenters. The lowest BCUT2D eigenvalue weighted by molar-refractivity contribution is -0.150. The fourth-order valence-corrected chi connectivity index (χ4v) is 7.64. The van der Waals surface area contributed by atoms with E-state index in [1.54, 1.807) is 40.0 Å². The number of aliphatic carboxylic acids is 1. The number of carbonyl (C=O) groups excluding carboxylic acids is 5. The minimum atomic E-state index is -1.30. The van der Waals surface area contributed by atoms with E-state index in [-0.39, 0.29) is 39.3 Å². The summed E-state index contributed by atoms with van der Waals surface area (Å²) < 4.78 is 6.84. The number of carboxylic acid groups (broad SMARTS) is 1. The molecule has 0 spiro atoms. The van der Waals surface area contributed by atoms with Gasteiger partial charge in [-0.25, -0.2) is 19.3 Å². The Kier molecular flexibility index (Phi) is 11.4. The van der Waals surface area contributed by atoms with E-state index in [4.69, 9.17) is 9.57 Å². The van der Waals surface area contributed by atoms with Crippen molar-refractivity contribution in [3.8, 4) is 0 Å². The van der Waals surface area contributed by atoms with Crippen LogP contribution >= 0.6 is 34.9 Å². The first kappa shape index (κ1) is 36.9. The Morgan fingerprint density at radius 2 is 1.98 bits per heavy atom. The van der Waals surface area contributed by atoms with Crippen LogP contribution in [0.3, 0.4) is 0 Å². The van der Waals surface area contributed by atoms with Crippen LogP contribution in [0.25, 0.3) is 0 Å². The van der Waals surface area contributed by atoms with Gasteiger partial charge in [0.1, 0.15) is 28.4 Å². The summed E-state index contributed by atoms with van der Waals surface area (Å²) in [7, 11) is 1.64. The van der Waals surface area contributed by atoms with E-state index in [2.05, 4.69) is 41.6 Å². The SMILES string of the molecule is Cn1nnnc1SCC1=C(C(=O)O)N2C(=O)C(NC(=O)C(=NOCC(=O)Nc3ccccc3C(=O)OC(C)(C)C)c3csc(NC=O)n3)[C@H]2SC1. The second kappa shape index (κ2) is 15.7.